The van der Waals surface area contributed by atoms with Gasteiger partial charge in [0.25, 0.3) is 10.1 Å². The number of aliphatic hydroxyl groups is 1. The summed E-state index contributed by atoms with van der Waals surface area (Å²) in [6, 6.07) is 6.66. The lowest BCUT2D eigenvalue weighted by Crippen LogP contribution is -2.08. The van der Waals surface area contributed by atoms with Crippen LogP contribution in [0.25, 0.3) is 0 Å². The van der Waals surface area contributed by atoms with Crippen molar-refractivity contribution in [2.24, 2.45) is 0 Å². The Morgan fingerprint density at radius 2 is 1.59 bits per heavy atom. The molecule has 0 spiro atoms. The normalized spacial score (nSPS) is 10.9. The van der Waals surface area contributed by atoms with E-state index in [0.29, 0.717) is 6.61 Å². The molecule has 0 bridgehead atoms. The smallest absolute Gasteiger partial charge is 0.296 e. The van der Waals surface area contributed by atoms with Gasteiger partial charge in [0.2, 0.25) is 0 Å². The Hall–Kier alpha value is -0.210. The topological polar surface area (TPSA) is 63.6 Å². The Balaban J connectivity index is 0.000000626. The summed E-state index contributed by atoms with van der Waals surface area (Å²) in [7, 11) is -3.57. The number of aryl methyl sites for hydroxylation is 1. The van der Waals surface area contributed by atoms with Crippen molar-refractivity contribution in [2.45, 2.75) is 24.7 Å². The summed E-state index contributed by atoms with van der Waals surface area (Å²) >= 11 is 3.44. The molecule has 0 saturated carbocycles. The molecule has 0 aromatic heterocycles. The average molecular weight is 367 g/mol. The lowest BCUT2D eigenvalue weighted by atomic mass is 10.2. The fraction of sp³-hybridized carbons (Fsp3) is 0.600. The molecule has 0 unspecified atom stereocenters. The van der Waals surface area contributed by atoms with Crippen molar-refractivity contribution in [3.8, 4) is 0 Å². The number of hydrogen-bond donors (Lipinski definition) is 1. The Morgan fingerprint density at radius 1 is 1.05 bits per heavy atom. The molecule has 1 rings (SSSR count). The third-order valence-electron chi connectivity index (χ3n) is 2.55. The van der Waals surface area contributed by atoms with E-state index < -0.39 is 10.1 Å². The monoisotopic (exact) mass is 366 g/mol. The van der Waals surface area contributed by atoms with Crippen LogP contribution in [0, 0.1) is 6.92 Å². The molecule has 0 aliphatic carbocycles. The third kappa shape index (κ3) is 10.5. The van der Waals surface area contributed by atoms with E-state index in [0.717, 1.165) is 29.9 Å². The highest BCUT2D eigenvalue weighted by atomic mass is 32.2. The Kier molecular flexibility index (Phi) is 13.1. The van der Waals surface area contributed by atoms with Crippen molar-refractivity contribution in [1.82, 2.24) is 0 Å². The van der Waals surface area contributed by atoms with E-state index in [1.54, 1.807) is 47.8 Å². The van der Waals surface area contributed by atoms with Gasteiger partial charge >= 0.3 is 0 Å². The van der Waals surface area contributed by atoms with Gasteiger partial charge < -0.3 is 5.11 Å². The molecule has 128 valence electrons. The predicted molar refractivity (Wildman–Crippen MR) is 97.4 cm³/mol. The summed E-state index contributed by atoms with van der Waals surface area (Å²) in [5.74, 6) is 1.99. The second-order valence-electron chi connectivity index (χ2n) is 4.51. The molecule has 0 atom stereocenters. The summed E-state index contributed by atoms with van der Waals surface area (Å²) in [5, 5.41) is 8.18. The van der Waals surface area contributed by atoms with Gasteiger partial charge in [-0.3, -0.25) is 4.18 Å². The zero-order valence-electron chi connectivity index (χ0n) is 13.4. The summed E-state index contributed by atoms with van der Waals surface area (Å²) in [5.41, 5.74) is 1.03. The highest BCUT2D eigenvalue weighted by Crippen LogP contribution is 2.13. The number of benzene rings is 1. The van der Waals surface area contributed by atoms with Crippen molar-refractivity contribution in [1.29, 1.82) is 0 Å². The number of aliphatic hydroxyl groups excluding tert-OH is 1. The molecule has 1 N–H and O–H groups in total. The van der Waals surface area contributed by atoms with Crippen LogP contribution >= 0.6 is 23.5 Å². The second-order valence-corrected chi connectivity index (χ2v) is 8.09. The number of hydrogen-bond acceptors (Lipinski definition) is 6. The van der Waals surface area contributed by atoms with Crippen LogP contribution in [-0.4, -0.2) is 50.8 Å². The van der Waals surface area contributed by atoms with Crippen LogP contribution in [-0.2, 0) is 14.3 Å². The van der Waals surface area contributed by atoms with Crippen LogP contribution in [0.2, 0.25) is 0 Å². The van der Waals surface area contributed by atoms with Gasteiger partial charge in [-0.1, -0.05) is 17.7 Å². The zero-order chi connectivity index (χ0) is 16.8. The largest absolute Gasteiger partial charge is 0.396 e. The Bertz CT molecular complexity index is 468. The molecule has 0 aliphatic rings. The van der Waals surface area contributed by atoms with E-state index in [2.05, 4.69) is 0 Å². The van der Waals surface area contributed by atoms with Gasteiger partial charge in [-0.25, -0.2) is 0 Å². The first-order chi connectivity index (χ1) is 10.5. The molecule has 0 saturated heterocycles. The van der Waals surface area contributed by atoms with Crippen LogP contribution in [0.5, 0.6) is 0 Å². The van der Waals surface area contributed by atoms with Gasteiger partial charge in [0.1, 0.15) is 0 Å². The fourth-order valence-electron chi connectivity index (χ4n) is 1.35. The van der Waals surface area contributed by atoms with Crippen molar-refractivity contribution in [3.63, 3.8) is 0 Å². The Morgan fingerprint density at radius 3 is 2.05 bits per heavy atom. The van der Waals surface area contributed by atoms with E-state index >= 15 is 0 Å². The molecule has 7 heteroatoms. The van der Waals surface area contributed by atoms with Gasteiger partial charge in [-0.05, 0) is 55.9 Å². The first kappa shape index (κ1) is 21.8. The third-order valence-corrected chi connectivity index (χ3v) is 5.27. The summed E-state index contributed by atoms with van der Waals surface area (Å²) in [6.07, 6.45) is 5.69. The van der Waals surface area contributed by atoms with E-state index in [9.17, 15) is 8.42 Å². The summed E-state index contributed by atoms with van der Waals surface area (Å²) in [6.45, 7) is 2.49. The Labute approximate surface area is 143 Å². The van der Waals surface area contributed by atoms with Crippen LogP contribution in [0.1, 0.15) is 18.4 Å². The SMILES string of the molecule is CSCCCO.CSCCCOS(=O)(=O)c1ccc(C)cc1. The average Bonchev–Trinajstić information content (AvgIpc) is 2.50. The van der Waals surface area contributed by atoms with E-state index in [1.807, 2.05) is 19.4 Å². The first-order valence-corrected chi connectivity index (χ1v) is 11.2. The molecule has 0 heterocycles. The standard InChI is InChI=1S/C11H16O3S2.C4H10OS/c1-10-4-6-11(7-5-10)16(12,13)14-8-3-9-15-2;1-6-4-2-3-5/h4-7H,3,8-9H2,1-2H3;5H,2-4H2,1H3. The van der Waals surface area contributed by atoms with Crippen LogP contribution in [0.15, 0.2) is 29.2 Å². The fourth-order valence-corrected chi connectivity index (χ4v) is 3.12. The molecular weight excluding hydrogens is 340 g/mol. The van der Waals surface area contributed by atoms with Gasteiger partial charge in [0.05, 0.1) is 11.5 Å². The van der Waals surface area contributed by atoms with Gasteiger partial charge in [0.15, 0.2) is 0 Å². The minimum Gasteiger partial charge on any atom is -0.396 e. The molecule has 1 aromatic rings. The summed E-state index contributed by atoms with van der Waals surface area (Å²) in [4.78, 5) is 0.224. The molecule has 4 nitrogen and oxygen atoms in total. The lowest BCUT2D eigenvalue weighted by molar-refractivity contribution is 0.296. The highest BCUT2D eigenvalue weighted by molar-refractivity contribution is 7.98. The first-order valence-electron chi connectivity index (χ1n) is 7.02. The summed E-state index contributed by atoms with van der Waals surface area (Å²) < 4.78 is 28.3. The molecule has 0 amide bonds. The van der Waals surface area contributed by atoms with Crippen LogP contribution in [0.4, 0.5) is 0 Å². The van der Waals surface area contributed by atoms with E-state index in [-0.39, 0.29) is 11.5 Å². The molecule has 0 fully saturated rings. The predicted octanol–water partition coefficient (Wildman–Crippen LogP) is 3.19. The molecule has 0 aliphatic heterocycles. The maximum absolute atomic E-state index is 11.7. The van der Waals surface area contributed by atoms with Gasteiger partial charge in [-0.15, -0.1) is 0 Å². The highest BCUT2D eigenvalue weighted by Gasteiger charge is 2.13. The minimum absolute atomic E-state index is 0.224. The van der Waals surface area contributed by atoms with Crippen molar-refractivity contribution in [3.05, 3.63) is 29.8 Å². The van der Waals surface area contributed by atoms with Crippen molar-refractivity contribution >= 4 is 33.6 Å². The van der Waals surface area contributed by atoms with E-state index in [4.69, 9.17) is 9.29 Å². The molecule has 0 radical (unpaired) electrons. The minimum atomic E-state index is -3.57. The molecule has 1 aromatic carbocycles. The van der Waals surface area contributed by atoms with Crippen LogP contribution < -0.4 is 0 Å². The zero-order valence-corrected chi connectivity index (χ0v) is 15.9. The van der Waals surface area contributed by atoms with Crippen LogP contribution in [0.3, 0.4) is 0 Å². The lowest BCUT2D eigenvalue weighted by Gasteiger charge is -2.05. The quantitative estimate of drug-likeness (QED) is 0.535. The number of thioether (sulfide) groups is 2. The van der Waals surface area contributed by atoms with Crippen molar-refractivity contribution in [2.75, 3.05) is 37.2 Å². The molecular formula is C15H26O4S3. The van der Waals surface area contributed by atoms with Crippen molar-refractivity contribution < 1.29 is 17.7 Å². The van der Waals surface area contributed by atoms with Gasteiger partial charge in [0, 0.05) is 6.61 Å². The van der Waals surface area contributed by atoms with E-state index in [1.165, 1.54) is 0 Å². The maximum Gasteiger partial charge on any atom is 0.296 e. The molecule has 22 heavy (non-hydrogen) atoms. The number of rotatable bonds is 9. The second kappa shape index (κ2) is 13.2. The maximum atomic E-state index is 11.7. The van der Waals surface area contributed by atoms with Gasteiger partial charge in [-0.2, -0.15) is 31.9 Å².